The maximum atomic E-state index is 11.7. The molecule has 102 valence electrons. The first-order valence-electron chi connectivity index (χ1n) is 6.45. The van der Waals surface area contributed by atoms with Crippen molar-refractivity contribution in [2.45, 2.75) is 18.1 Å². The SMILES string of the molecule is O=C(C[C@@H]1SCCNC1=O)NCCc1ccccc1. The predicted molar refractivity (Wildman–Crippen MR) is 77.0 cm³/mol. The van der Waals surface area contributed by atoms with Gasteiger partial charge in [0.25, 0.3) is 0 Å². The summed E-state index contributed by atoms with van der Waals surface area (Å²) in [6.45, 7) is 1.32. The van der Waals surface area contributed by atoms with Crippen molar-refractivity contribution < 1.29 is 9.59 Å². The number of thioether (sulfide) groups is 1. The van der Waals surface area contributed by atoms with Crippen LogP contribution in [0.5, 0.6) is 0 Å². The van der Waals surface area contributed by atoms with Gasteiger partial charge in [0.15, 0.2) is 0 Å². The number of benzene rings is 1. The Morgan fingerprint density at radius 1 is 1.37 bits per heavy atom. The highest BCUT2D eigenvalue weighted by Gasteiger charge is 2.24. The van der Waals surface area contributed by atoms with Crippen LogP contribution in [-0.4, -0.2) is 35.9 Å². The molecule has 1 saturated heterocycles. The number of rotatable bonds is 5. The van der Waals surface area contributed by atoms with E-state index < -0.39 is 0 Å². The maximum absolute atomic E-state index is 11.7. The molecule has 2 N–H and O–H groups in total. The number of carbonyl (C=O) groups excluding carboxylic acids is 2. The lowest BCUT2D eigenvalue weighted by Crippen LogP contribution is -2.42. The number of hydrogen-bond acceptors (Lipinski definition) is 3. The Kier molecular flexibility index (Phi) is 5.27. The fourth-order valence-electron chi connectivity index (χ4n) is 1.95. The third-order valence-corrected chi connectivity index (χ3v) is 4.19. The third-order valence-electron chi connectivity index (χ3n) is 2.96. The first-order chi connectivity index (χ1) is 9.25. The Balaban J connectivity index is 1.68. The van der Waals surface area contributed by atoms with Crippen LogP contribution < -0.4 is 10.6 Å². The monoisotopic (exact) mass is 278 g/mol. The van der Waals surface area contributed by atoms with Gasteiger partial charge in [-0.3, -0.25) is 9.59 Å². The second-order valence-corrected chi connectivity index (χ2v) is 5.75. The van der Waals surface area contributed by atoms with Crippen molar-refractivity contribution >= 4 is 23.6 Å². The number of carbonyl (C=O) groups is 2. The molecule has 4 nitrogen and oxygen atoms in total. The summed E-state index contributed by atoms with van der Waals surface area (Å²) in [5, 5.41) is 5.42. The summed E-state index contributed by atoms with van der Waals surface area (Å²) in [5.41, 5.74) is 1.20. The van der Waals surface area contributed by atoms with Crippen LogP contribution in [0.1, 0.15) is 12.0 Å². The summed E-state index contributed by atoms with van der Waals surface area (Å²) in [6, 6.07) is 10.0. The molecule has 2 rings (SSSR count). The van der Waals surface area contributed by atoms with Gasteiger partial charge in [-0.1, -0.05) is 30.3 Å². The minimum absolute atomic E-state index is 0.0190. The van der Waals surface area contributed by atoms with E-state index in [4.69, 9.17) is 0 Å². The summed E-state index contributed by atoms with van der Waals surface area (Å²) >= 11 is 1.56. The number of hydrogen-bond donors (Lipinski definition) is 2. The molecule has 1 aromatic rings. The molecule has 1 heterocycles. The summed E-state index contributed by atoms with van der Waals surface area (Å²) in [6.07, 6.45) is 1.09. The average molecular weight is 278 g/mol. The normalized spacial score (nSPS) is 18.7. The molecule has 1 aliphatic heterocycles. The van der Waals surface area contributed by atoms with Crippen molar-refractivity contribution in [2.24, 2.45) is 0 Å². The molecule has 0 aromatic heterocycles. The molecule has 0 aliphatic carbocycles. The molecular formula is C14H18N2O2S. The molecular weight excluding hydrogens is 260 g/mol. The lowest BCUT2D eigenvalue weighted by Gasteiger charge is -2.20. The van der Waals surface area contributed by atoms with E-state index in [0.717, 1.165) is 12.2 Å². The quantitative estimate of drug-likeness (QED) is 0.843. The van der Waals surface area contributed by atoms with Gasteiger partial charge in [0.2, 0.25) is 11.8 Å². The van der Waals surface area contributed by atoms with E-state index in [2.05, 4.69) is 10.6 Å². The Hall–Kier alpha value is -1.49. The van der Waals surface area contributed by atoms with E-state index in [1.54, 1.807) is 11.8 Å². The van der Waals surface area contributed by atoms with Crippen LogP contribution in [0.15, 0.2) is 30.3 Å². The summed E-state index contributed by atoms with van der Waals surface area (Å²) in [5.74, 6) is 0.813. The molecule has 1 aliphatic rings. The molecule has 5 heteroatoms. The van der Waals surface area contributed by atoms with Gasteiger partial charge in [0.05, 0.1) is 5.25 Å². The zero-order chi connectivity index (χ0) is 13.5. The Morgan fingerprint density at radius 3 is 2.89 bits per heavy atom. The molecule has 19 heavy (non-hydrogen) atoms. The van der Waals surface area contributed by atoms with Gasteiger partial charge in [-0.25, -0.2) is 0 Å². The van der Waals surface area contributed by atoms with Gasteiger partial charge in [-0.15, -0.1) is 11.8 Å². The Morgan fingerprint density at radius 2 is 2.16 bits per heavy atom. The lowest BCUT2D eigenvalue weighted by atomic mass is 10.1. The van der Waals surface area contributed by atoms with Crippen molar-refractivity contribution in [1.82, 2.24) is 10.6 Å². The molecule has 0 radical (unpaired) electrons. The summed E-state index contributed by atoms with van der Waals surface area (Å²) in [4.78, 5) is 23.3. The van der Waals surface area contributed by atoms with Crippen LogP contribution in [-0.2, 0) is 16.0 Å². The summed E-state index contributed by atoms with van der Waals surface area (Å²) in [7, 11) is 0. The van der Waals surface area contributed by atoms with Gasteiger partial charge in [-0.05, 0) is 12.0 Å². The highest BCUT2D eigenvalue weighted by Crippen LogP contribution is 2.17. The van der Waals surface area contributed by atoms with Gasteiger partial charge in [0, 0.05) is 25.3 Å². The van der Waals surface area contributed by atoms with Gasteiger partial charge < -0.3 is 10.6 Å². The lowest BCUT2D eigenvalue weighted by molar-refractivity contribution is -0.126. The second kappa shape index (κ2) is 7.19. The molecule has 2 amide bonds. The van der Waals surface area contributed by atoms with E-state index in [-0.39, 0.29) is 23.5 Å². The highest BCUT2D eigenvalue weighted by molar-refractivity contribution is 8.00. The Labute approximate surface area is 117 Å². The number of nitrogens with one attached hydrogen (secondary N) is 2. The molecule has 1 fully saturated rings. The zero-order valence-electron chi connectivity index (χ0n) is 10.7. The standard InChI is InChI=1S/C14H18N2O2S/c17-13(10-12-14(18)16-8-9-19-12)15-7-6-11-4-2-1-3-5-11/h1-5,12H,6-10H2,(H,15,17)(H,16,18)/t12-/m0/s1. The van der Waals surface area contributed by atoms with Gasteiger partial charge in [0.1, 0.15) is 0 Å². The van der Waals surface area contributed by atoms with Crippen molar-refractivity contribution in [3.05, 3.63) is 35.9 Å². The molecule has 0 bridgehead atoms. The van der Waals surface area contributed by atoms with E-state index in [9.17, 15) is 9.59 Å². The van der Waals surface area contributed by atoms with Crippen LogP contribution in [0.25, 0.3) is 0 Å². The van der Waals surface area contributed by atoms with Crippen molar-refractivity contribution in [2.75, 3.05) is 18.8 Å². The van der Waals surface area contributed by atoms with Crippen LogP contribution in [0.2, 0.25) is 0 Å². The molecule has 1 aromatic carbocycles. The van der Waals surface area contributed by atoms with Crippen LogP contribution in [0, 0.1) is 0 Å². The first-order valence-corrected chi connectivity index (χ1v) is 7.50. The van der Waals surface area contributed by atoms with Crippen molar-refractivity contribution in [3.8, 4) is 0 Å². The van der Waals surface area contributed by atoms with Crippen LogP contribution in [0.3, 0.4) is 0 Å². The van der Waals surface area contributed by atoms with E-state index in [1.807, 2.05) is 30.3 Å². The molecule has 0 spiro atoms. The van der Waals surface area contributed by atoms with Gasteiger partial charge >= 0.3 is 0 Å². The third kappa shape index (κ3) is 4.59. The fourth-order valence-corrected chi connectivity index (χ4v) is 2.96. The minimum atomic E-state index is -0.231. The topological polar surface area (TPSA) is 58.2 Å². The zero-order valence-corrected chi connectivity index (χ0v) is 11.5. The Bertz CT molecular complexity index is 436. The smallest absolute Gasteiger partial charge is 0.233 e. The average Bonchev–Trinajstić information content (AvgIpc) is 2.43. The van der Waals surface area contributed by atoms with E-state index >= 15 is 0 Å². The fraction of sp³-hybridized carbons (Fsp3) is 0.429. The van der Waals surface area contributed by atoms with Crippen molar-refractivity contribution in [3.63, 3.8) is 0 Å². The molecule has 0 unspecified atom stereocenters. The second-order valence-electron chi connectivity index (χ2n) is 4.44. The maximum Gasteiger partial charge on any atom is 0.233 e. The first kappa shape index (κ1) is 13.9. The predicted octanol–water partition coefficient (Wildman–Crippen LogP) is 0.967. The minimum Gasteiger partial charge on any atom is -0.356 e. The van der Waals surface area contributed by atoms with E-state index in [1.165, 1.54) is 5.56 Å². The largest absolute Gasteiger partial charge is 0.356 e. The van der Waals surface area contributed by atoms with Crippen molar-refractivity contribution in [1.29, 1.82) is 0 Å². The van der Waals surface area contributed by atoms with Gasteiger partial charge in [-0.2, -0.15) is 0 Å². The molecule has 1 atom stereocenters. The highest BCUT2D eigenvalue weighted by atomic mass is 32.2. The molecule has 0 saturated carbocycles. The summed E-state index contributed by atoms with van der Waals surface area (Å²) < 4.78 is 0. The van der Waals surface area contributed by atoms with E-state index in [0.29, 0.717) is 13.1 Å². The van der Waals surface area contributed by atoms with Crippen LogP contribution >= 0.6 is 11.8 Å². The number of amides is 2. The van der Waals surface area contributed by atoms with Crippen LogP contribution in [0.4, 0.5) is 0 Å².